The number of hydrogen-bond acceptors (Lipinski definition) is 5. The first kappa shape index (κ1) is 25.9. The molecule has 0 N–H and O–H groups in total. The Morgan fingerprint density at radius 1 is 0.889 bits per heavy atom. The lowest BCUT2D eigenvalue weighted by Gasteiger charge is -2.22. The first-order valence-corrected chi connectivity index (χ1v) is 13.9. The molecular weight excluding hydrogens is 474 g/mol. The van der Waals surface area contributed by atoms with Crippen LogP contribution in [0.5, 0.6) is 5.75 Å². The molecule has 0 amide bonds. The van der Waals surface area contributed by atoms with Gasteiger partial charge in [0.25, 0.3) is 10.0 Å². The molecule has 1 fully saturated rings. The van der Waals surface area contributed by atoms with Gasteiger partial charge in [0, 0.05) is 12.0 Å². The Balaban J connectivity index is 1.31. The number of para-hydroxylation sites is 2. The topological polar surface area (TPSA) is 65.1 Å². The molecule has 1 aliphatic rings. The lowest BCUT2D eigenvalue weighted by molar-refractivity contribution is -0.165. The van der Waals surface area contributed by atoms with E-state index < -0.39 is 10.0 Å². The number of anilines is 2. The van der Waals surface area contributed by atoms with E-state index in [0.29, 0.717) is 37.4 Å². The molecule has 0 aromatic heterocycles. The fraction of sp³-hybridized carbons (Fsp3) is 0.310. The summed E-state index contributed by atoms with van der Waals surface area (Å²) < 4.78 is 45.0. The molecular formula is C29H33NO5S. The van der Waals surface area contributed by atoms with Crippen LogP contribution in [0.15, 0.2) is 96.4 Å². The highest BCUT2D eigenvalue weighted by Gasteiger charge is 2.21. The number of allylic oxidation sites excluding steroid dienone is 1. The third-order valence-corrected chi connectivity index (χ3v) is 7.26. The quantitative estimate of drug-likeness (QED) is 0.272. The van der Waals surface area contributed by atoms with Crippen LogP contribution < -0.4 is 9.04 Å². The summed E-state index contributed by atoms with van der Waals surface area (Å²) >= 11 is 0. The second-order valence-corrected chi connectivity index (χ2v) is 10.2. The zero-order valence-electron chi connectivity index (χ0n) is 20.4. The van der Waals surface area contributed by atoms with Gasteiger partial charge in [-0.2, -0.15) is 0 Å². The lowest BCUT2D eigenvalue weighted by atomic mass is 10.1. The molecule has 0 bridgehead atoms. The Morgan fingerprint density at radius 2 is 1.61 bits per heavy atom. The van der Waals surface area contributed by atoms with Gasteiger partial charge in [-0.15, -0.1) is 0 Å². The monoisotopic (exact) mass is 507 g/mol. The van der Waals surface area contributed by atoms with Crippen molar-refractivity contribution < 1.29 is 22.6 Å². The third-order valence-electron chi connectivity index (χ3n) is 5.80. The minimum absolute atomic E-state index is 0.114. The van der Waals surface area contributed by atoms with Crippen LogP contribution >= 0.6 is 0 Å². The average Bonchev–Trinajstić information content (AvgIpc) is 2.91. The number of benzene rings is 3. The van der Waals surface area contributed by atoms with Gasteiger partial charge in [0.05, 0.1) is 18.0 Å². The van der Waals surface area contributed by atoms with E-state index in [1.807, 2.05) is 60.7 Å². The van der Waals surface area contributed by atoms with Crippen molar-refractivity contribution in [2.24, 2.45) is 0 Å². The minimum Gasteiger partial charge on any atom is -0.491 e. The maximum atomic E-state index is 13.3. The first-order chi connectivity index (χ1) is 17.6. The maximum Gasteiger partial charge on any atom is 0.261 e. The minimum atomic E-state index is -3.71. The van der Waals surface area contributed by atoms with E-state index in [1.165, 1.54) is 9.71 Å². The number of hydrogen-bond donors (Lipinski definition) is 0. The van der Waals surface area contributed by atoms with Crippen molar-refractivity contribution in [2.75, 3.05) is 24.1 Å². The molecule has 3 aromatic carbocycles. The SMILES string of the molecule is O=S(=O)(C=CCCc1cccc(OCCOC2CCCCO2)c1)N(c1ccccc1)c1ccccc1. The largest absolute Gasteiger partial charge is 0.491 e. The van der Waals surface area contributed by atoms with Gasteiger partial charge < -0.3 is 14.2 Å². The smallest absolute Gasteiger partial charge is 0.261 e. The number of sulfonamides is 1. The van der Waals surface area contributed by atoms with Gasteiger partial charge in [-0.05, 0) is 74.1 Å². The van der Waals surface area contributed by atoms with Crippen molar-refractivity contribution in [1.29, 1.82) is 0 Å². The summed E-state index contributed by atoms with van der Waals surface area (Å²) in [6.45, 7) is 1.70. The molecule has 1 heterocycles. The highest BCUT2D eigenvalue weighted by Crippen LogP contribution is 2.29. The fourth-order valence-corrected chi connectivity index (χ4v) is 5.37. The Hall–Kier alpha value is -3.13. The van der Waals surface area contributed by atoms with Crippen LogP contribution in [0.3, 0.4) is 0 Å². The Bertz CT molecular complexity index is 1150. The summed E-state index contributed by atoms with van der Waals surface area (Å²) in [5, 5.41) is 1.29. The number of nitrogens with zero attached hydrogens (tertiary/aromatic N) is 1. The molecule has 1 unspecified atom stereocenters. The van der Waals surface area contributed by atoms with Crippen LogP contribution in [0.2, 0.25) is 0 Å². The molecule has 7 heteroatoms. The molecule has 1 aliphatic heterocycles. The van der Waals surface area contributed by atoms with E-state index in [9.17, 15) is 8.42 Å². The Labute approximate surface area is 214 Å². The van der Waals surface area contributed by atoms with Gasteiger partial charge in [-0.1, -0.05) is 54.6 Å². The van der Waals surface area contributed by atoms with Crippen molar-refractivity contribution in [3.63, 3.8) is 0 Å². The van der Waals surface area contributed by atoms with Gasteiger partial charge in [0.1, 0.15) is 12.4 Å². The fourth-order valence-electron chi connectivity index (χ4n) is 4.04. The van der Waals surface area contributed by atoms with E-state index in [1.54, 1.807) is 30.3 Å². The summed E-state index contributed by atoms with van der Waals surface area (Å²) in [5.41, 5.74) is 2.27. The van der Waals surface area contributed by atoms with Crippen LogP contribution in [-0.4, -0.2) is 34.5 Å². The van der Waals surface area contributed by atoms with Gasteiger partial charge >= 0.3 is 0 Å². The summed E-state index contributed by atoms with van der Waals surface area (Å²) in [4.78, 5) is 0. The van der Waals surface area contributed by atoms with E-state index >= 15 is 0 Å². The van der Waals surface area contributed by atoms with Gasteiger partial charge in [-0.3, -0.25) is 0 Å². The van der Waals surface area contributed by atoms with Gasteiger partial charge in [0.2, 0.25) is 0 Å². The number of rotatable bonds is 12. The van der Waals surface area contributed by atoms with E-state index in [0.717, 1.165) is 37.2 Å². The van der Waals surface area contributed by atoms with Crippen LogP contribution in [0, 0.1) is 0 Å². The molecule has 6 nitrogen and oxygen atoms in total. The molecule has 0 radical (unpaired) electrons. The molecule has 3 aromatic rings. The predicted octanol–water partition coefficient (Wildman–Crippen LogP) is 6.22. The Kier molecular flexibility index (Phi) is 9.55. The standard InChI is InChI=1S/C29H33NO5S/c31-36(32,30(26-14-3-1-4-15-26)27-16-5-2-6-17-27)23-10-8-12-25-13-11-18-28(24-25)33-21-22-35-29-19-7-9-20-34-29/h1-6,10-11,13-18,23-24,29H,7-9,12,19-22H2. The highest BCUT2D eigenvalue weighted by atomic mass is 32.2. The predicted molar refractivity (Wildman–Crippen MR) is 143 cm³/mol. The molecule has 0 aliphatic carbocycles. The van der Waals surface area contributed by atoms with Gasteiger partial charge in [-0.25, -0.2) is 12.7 Å². The molecule has 190 valence electrons. The summed E-state index contributed by atoms with van der Waals surface area (Å²) in [6, 6.07) is 26.1. The van der Waals surface area contributed by atoms with Crippen molar-refractivity contribution in [1.82, 2.24) is 0 Å². The second kappa shape index (κ2) is 13.3. The summed E-state index contributed by atoms with van der Waals surface area (Å²) in [7, 11) is -3.71. The highest BCUT2D eigenvalue weighted by molar-refractivity contribution is 7.96. The normalized spacial score (nSPS) is 16.2. The van der Waals surface area contributed by atoms with Crippen LogP contribution in [0.1, 0.15) is 31.2 Å². The summed E-state index contributed by atoms with van der Waals surface area (Å²) in [5.74, 6) is 0.775. The molecule has 36 heavy (non-hydrogen) atoms. The molecule has 0 saturated carbocycles. The first-order valence-electron chi connectivity index (χ1n) is 12.4. The molecule has 1 saturated heterocycles. The number of aryl methyl sites for hydroxylation is 1. The Morgan fingerprint density at radius 3 is 2.28 bits per heavy atom. The lowest BCUT2D eigenvalue weighted by Crippen LogP contribution is -2.24. The molecule has 1 atom stereocenters. The van der Waals surface area contributed by atoms with Crippen LogP contribution in [0.25, 0.3) is 0 Å². The van der Waals surface area contributed by atoms with Crippen molar-refractivity contribution in [3.8, 4) is 5.75 Å². The average molecular weight is 508 g/mol. The molecule has 0 spiro atoms. The third kappa shape index (κ3) is 7.68. The zero-order valence-corrected chi connectivity index (χ0v) is 21.2. The maximum absolute atomic E-state index is 13.3. The van der Waals surface area contributed by atoms with Crippen LogP contribution in [-0.2, 0) is 25.9 Å². The molecule has 4 rings (SSSR count). The van der Waals surface area contributed by atoms with Crippen molar-refractivity contribution in [3.05, 3.63) is 102 Å². The van der Waals surface area contributed by atoms with Crippen molar-refractivity contribution in [2.45, 2.75) is 38.4 Å². The summed E-state index contributed by atoms with van der Waals surface area (Å²) in [6.07, 6.45) is 6.06. The van der Waals surface area contributed by atoms with E-state index in [-0.39, 0.29) is 6.29 Å². The zero-order chi connectivity index (χ0) is 25.1. The number of ether oxygens (including phenoxy) is 3. The van der Waals surface area contributed by atoms with E-state index in [4.69, 9.17) is 14.2 Å². The van der Waals surface area contributed by atoms with Crippen LogP contribution in [0.4, 0.5) is 11.4 Å². The second-order valence-electron chi connectivity index (χ2n) is 8.55. The van der Waals surface area contributed by atoms with Crippen molar-refractivity contribution >= 4 is 21.4 Å². The van der Waals surface area contributed by atoms with E-state index in [2.05, 4.69) is 0 Å². The van der Waals surface area contributed by atoms with Gasteiger partial charge in [0.15, 0.2) is 6.29 Å².